The number of aliphatic hydroxyl groups is 1. The fourth-order valence-electron chi connectivity index (χ4n) is 5.59. The topological polar surface area (TPSA) is 59.2 Å². The molecule has 104 valence electrons. The van der Waals surface area contributed by atoms with Crippen molar-refractivity contribution in [1.82, 2.24) is 10.1 Å². The van der Waals surface area contributed by atoms with Crippen LogP contribution in [0.1, 0.15) is 70.2 Å². The van der Waals surface area contributed by atoms with Crippen molar-refractivity contribution >= 4 is 0 Å². The molecule has 4 heteroatoms. The van der Waals surface area contributed by atoms with Crippen LogP contribution in [0.2, 0.25) is 0 Å². The van der Waals surface area contributed by atoms with E-state index in [0.717, 1.165) is 17.7 Å². The van der Waals surface area contributed by atoms with E-state index in [1.807, 2.05) is 0 Å². The van der Waals surface area contributed by atoms with E-state index in [9.17, 15) is 5.11 Å². The summed E-state index contributed by atoms with van der Waals surface area (Å²) < 4.78 is 5.53. The average molecular weight is 262 g/mol. The van der Waals surface area contributed by atoms with Gasteiger partial charge in [0, 0.05) is 0 Å². The minimum Gasteiger partial charge on any atom is -0.385 e. The second-order valence-electron chi connectivity index (χ2n) is 7.69. The van der Waals surface area contributed by atoms with Crippen molar-refractivity contribution in [2.75, 3.05) is 0 Å². The minimum atomic E-state index is -0.637. The Bertz CT molecular complexity index is 494. The van der Waals surface area contributed by atoms with Crippen molar-refractivity contribution in [3.05, 3.63) is 11.7 Å². The molecule has 1 aromatic heterocycles. The van der Waals surface area contributed by atoms with Crippen LogP contribution in [-0.2, 0) is 5.41 Å². The van der Waals surface area contributed by atoms with E-state index in [2.05, 4.69) is 17.1 Å². The smallest absolute Gasteiger partial charge is 0.233 e. The molecular formula is C15H22N2O2. The van der Waals surface area contributed by atoms with Gasteiger partial charge in [-0.3, -0.25) is 0 Å². The summed E-state index contributed by atoms with van der Waals surface area (Å²) in [6.45, 7) is 4.13. The molecule has 4 bridgehead atoms. The van der Waals surface area contributed by atoms with Crippen LogP contribution in [0.5, 0.6) is 0 Å². The van der Waals surface area contributed by atoms with Gasteiger partial charge >= 0.3 is 0 Å². The third-order valence-corrected chi connectivity index (χ3v) is 5.62. The molecule has 3 unspecified atom stereocenters. The van der Waals surface area contributed by atoms with Crippen molar-refractivity contribution in [1.29, 1.82) is 0 Å². The number of nitrogens with zero attached hydrogens (tertiary/aromatic N) is 2. The zero-order valence-corrected chi connectivity index (χ0v) is 11.7. The molecule has 0 saturated heterocycles. The summed E-state index contributed by atoms with van der Waals surface area (Å²) in [6, 6.07) is 0. The highest BCUT2D eigenvalue weighted by Gasteiger charge is 2.58. The van der Waals surface area contributed by atoms with Gasteiger partial charge in [-0.25, -0.2) is 0 Å². The van der Waals surface area contributed by atoms with Crippen molar-refractivity contribution in [3.8, 4) is 0 Å². The highest BCUT2D eigenvalue weighted by atomic mass is 16.5. The van der Waals surface area contributed by atoms with E-state index in [1.54, 1.807) is 6.92 Å². The van der Waals surface area contributed by atoms with Gasteiger partial charge in [-0.1, -0.05) is 12.1 Å². The Labute approximate surface area is 113 Å². The van der Waals surface area contributed by atoms with Gasteiger partial charge in [0.15, 0.2) is 5.82 Å². The van der Waals surface area contributed by atoms with Crippen LogP contribution in [0.4, 0.5) is 0 Å². The van der Waals surface area contributed by atoms with Crippen LogP contribution in [0.15, 0.2) is 4.52 Å². The van der Waals surface area contributed by atoms with Crippen LogP contribution in [0.25, 0.3) is 0 Å². The van der Waals surface area contributed by atoms with Gasteiger partial charge < -0.3 is 9.63 Å². The molecule has 1 heterocycles. The maximum Gasteiger partial charge on any atom is 0.233 e. The summed E-state index contributed by atoms with van der Waals surface area (Å²) in [4.78, 5) is 4.50. The standard InChI is InChI=1S/C15H22N2O2/c1-9(18)12-16-13(19-17-12)15-6-10-3-11(7-15)5-14(2,4-10)8-15/h9-11,18H,3-8H2,1-2H3. The maximum atomic E-state index is 9.58. The monoisotopic (exact) mass is 262 g/mol. The predicted octanol–water partition coefficient (Wildman–Crippen LogP) is 2.98. The molecule has 1 aromatic rings. The average Bonchev–Trinajstić information content (AvgIpc) is 2.74. The lowest BCUT2D eigenvalue weighted by Gasteiger charge is -2.59. The maximum absolute atomic E-state index is 9.58. The lowest BCUT2D eigenvalue weighted by molar-refractivity contribution is -0.0724. The van der Waals surface area contributed by atoms with E-state index in [-0.39, 0.29) is 5.41 Å². The Morgan fingerprint density at radius 2 is 1.95 bits per heavy atom. The van der Waals surface area contributed by atoms with Gasteiger partial charge in [0.05, 0.1) is 5.41 Å². The summed E-state index contributed by atoms with van der Waals surface area (Å²) >= 11 is 0. The molecule has 4 aliphatic carbocycles. The first-order valence-electron chi connectivity index (χ1n) is 7.50. The third kappa shape index (κ3) is 1.69. The summed E-state index contributed by atoms with van der Waals surface area (Å²) in [6.07, 6.45) is 7.12. The van der Waals surface area contributed by atoms with Crippen LogP contribution in [-0.4, -0.2) is 15.2 Å². The van der Waals surface area contributed by atoms with Crippen LogP contribution < -0.4 is 0 Å². The second-order valence-corrected chi connectivity index (χ2v) is 7.69. The molecule has 0 amide bonds. The Morgan fingerprint density at radius 3 is 2.47 bits per heavy atom. The van der Waals surface area contributed by atoms with Gasteiger partial charge in [-0.2, -0.15) is 4.98 Å². The Morgan fingerprint density at radius 1 is 1.26 bits per heavy atom. The normalized spacial score (nSPS) is 45.6. The Kier molecular flexibility index (Phi) is 2.25. The van der Waals surface area contributed by atoms with E-state index in [1.165, 1.54) is 38.5 Å². The number of rotatable bonds is 2. The van der Waals surface area contributed by atoms with Gasteiger partial charge in [0.1, 0.15) is 6.10 Å². The molecule has 4 aliphatic rings. The SMILES string of the molecule is CC(O)c1noc(C23CC4CC(CC(C)(C4)C2)C3)n1. The third-order valence-electron chi connectivity index (χ3n) is 5.62. The van der Waals surface area contributed by atoms with Gasteiger partial charge in [-0.15, -0.1) is 0 Å². The molecule has 0 aromatic carbocycles. The van der Waals surface area contributed by atoms with E-state index < -0.39 is 6.10 Å². The van der Waals surface area contributed by atoms with E-state index in [4.69, 9.17) is 4.52 Å². The molecule has 0 aliphatic heterocycles. The zero-order chi connectivity index (χ0) is 13.3. The summed E-state index contributed by atoms with van der Waals surface area (Å²) in [5.41, 5.74) is 0.586. The number of hydrogen-bond donors (Lipinski definition) is 1. The molecule has 4 saturated carbocycles. The number of aromatic nitrogens is 2. The van der Waals surface area contributed by atoms with Gasteiger partial charge in [0.25, 0.3) is 0 Å². The van der Waals surface area contributed by atoms with Crippen molar-refractivity contribution in [2.24, 2.45) is 17.3 Å². The molecule has 3 atom stereocenters. The first kappa shape index (κ1) is 11.9. The molecular weight excluding hydrogens is 240 g/mol. The molecule has 1 N–H and O–H groups in total. The van der Waals surface area contributed by atoms with Crippen LogP contribution in [0, 0.1) is 17.3 Å². The van der Waals surface area contributed by atoms with Crippen molar-refractivity contribution in [3.63, 3.8) is 0 Å². The number of aliphatic hydroxyl groups excluding tert-OH is 1. The van der Waals surface area contributed by atoms with Crippen molar-refractivity contribution in [2.45, 2.75) is 63.9 Å². The fraction of sp³-hybridized carbons (Fsp3) is 0.867. The number of hydrogen-bond acceptors (Lipinski definition) is 4. The molecule has 0 radical (unpaired) electrons. The second kappa shape index (κ2) is 3.60. The fourth-order valence-corrected chi connectivity index (χ4v) is 5.59. The van der Waals surface area contributed by atoms with E-state index in [0.29, 0.717) is 11.2 Å². The molecule has 4 fully saturated rings. The minimum absolute atomic E-state index is 0.110. The summed E-state index contributed by atoms with van der Waals surface area (Å²) in [5.74, 6) is 2.92. The first-order chi connectivity index (χ1) is 8.98. The molecule has 0 spiro atoms. The zero-order valence-electron chi connectivity index (χ0n) is 11.7. The van der Waals surface area contributed by atoms with Crippen LogP contribution >= 0.6 is 0 Å². The Balaban J connectivity index is 1.73. The quantitative estimate of drug-likeness (QED) is 0.890. The highest BCUT2D eigenvalue weighted by molar-refractivity contribution is 5.18. The Hall–Kier alpha value is -0.900. The summed E-state index contributed by atoms with van der Waals surface area (Å²) in [7, 11) is 0. The molecule has 19 heavy (non-hydrogen) atoms. The van der Waals surface area contributed by atoms with Gasteiger partial charge in [0.2, 0.25) is 5.89 Å². The predicted molar refractivity (Wildman–Crippen MR) is 69.4 cm³/mol. The summed E-state index contributed by atoms with van der Waals surface area (Å²) in [5, 5.41) is 13.5. The highest BCUT2D eigenvalue weighted by Crippen LogP contribution is 2.65. The van der Waals surface area contributed by atoms with Crippen LogP contribution in [0.3, 0.4) is 0 Å². The lowest BCUT2D eigenvalue weighted by atomic mass is 9.44. The van der Waals surface area contributed by atoms with Gasteiger partial charge in [-0.05, 0) is 62.7 Å². The molecule has 4 nitrogen and oxygen atoms in total. The van der Waals surface area contributed by atoms with E-state index >= 15 is 0 Å². The molecule has 5 rings (SSSR count). The first-order valence-corrected chi connectivity index (χ1v) is 7.50. The lowest BCUT2D eigenvalue weighted by Crippen LogP contribution is -2.53. The largest absolute Gasteiger partial charge is 0.385 e. The van der Waals surface area contributed by atoms with Crippen molar-refractivity contribution < 1.29 is 9.63 Å².